The molecule has 1 saturated heterocycles. The zero-order valence-corrected chi connectivity index (χ0v) is 17.5. The second-order valence-corrected chi connectivity index (χ2v) is 8.92. The standard InChI is InChI=1S/C21H25FN2O5S/c1-15-13-17(7-9-20(15)29-12-4-5-21(25)26)30(27,28)23-16-6-8-19(18(22)14-16)24-10-2-3-11-24/h6-9,13-14,23H,2-5,10-12H2,1H3,(H,25,26). The van der Waals surface area contributed by atoms with Crippen molar-refractivity contribution in [2.24, 2.45) is 0 Å². The van der Waals surface area contributed by atoms with Crippen LogP contribution in [0.5, 0.6) is 5.75 Å². The molecule has 0 unspecified atom stereocenters. The van der Waals surface area contributed by atoms with Gasteiger partial charge in [-0.15, -0.1) is 0 Å². The molecule has 1 aliphatic heterocycles. The first-order valence-corrected chi connectivity index (χ1v) is 11.3. The summed E-state index contributed by atoms with van der Waals surface area (Å²) in [6.45, 7) is 3.52. The minimum absolute atomic E-state index is 0.00252. The summed E-state index contributed by atoms with van der Waals surface area (Å²) in [6, 6.07) is 8.74. The predicted octanol–water partition coefficient (Wildman–Crippen LogP) is 3.78. The van der Waals surface area contributed by atoms with E-state index in [-0.39, 0.29) is 23.6 Å². The molecule has 2 N–H and O–H groups in total. The number of nitrogens with one attached hydrogen (secondary N) is 1. The van der Waals surface area contributed by atoms with E-state index in [2.05, 4.69) is 4.72 Å². The molecule has 2 aromatic carbocycles. The zero-order valence-electron chi connectivity index (χ0n) is 16.7. The lowest BCUT2D eigenvalue weighted by molar-refractivity contribution is -0.137. The number of benzene rings is 2. The maximum absolute atomic E-state index is 14.5. The molecule has 0 radical (unpaired) electrons. The first-order chi connectivity index (χ1) is 14.3. The van der Waals surface area contributed by atoms with Crippen LogP contribution in [0.2, 0.25) is 0 Å². The smallest absolute Gasteiger partial charge is 0.303 e. The molecule has 0 aromatic heterocycles. The molecule has 1 aliphatic rings. The molecule has 30 heavy (non-hydrogen) atoms. The van der Waals surface area contributed by atoms with Crippen molar-refractivity contribution >= 4 is 27.4 Å². The second kappa shape index (κ2) is 9.34. The van der Waals surface area contributed by atoms with Gasteiger partial charge in [0.15, 0.2) is 0 Å². The van der Waals surface area contributed by atoms with Gasteiger partial charge in [-0.25, -0.2) is 12.8 Å². The number of anilines is 2. The van der Waals surface area contributed by atoms with E-state index in [1.165, 1.54) is 24.3 Å². The van der Waals surface area contributed by atoms with E-state index in [0.29, 0.717) is 23.4 Å². The molecule has 0 aliphatic carbocycles. The van der Waals surface area contributed by atoms with Crippen LogP contribution in [0.15, 0.2) is 41.3 Å². The molecule has 2 aromatic rings. The van der Waals surface area contributed by atoms with Crippen LogP contribution in [0.3, 0.4) is 0 Å². The highest BCUT2D eigenvalue weighted by Crippen LogP contribution is 2.28. The molecule has 1 fully saturated rings. The highest BCUT2D eigenvalue weighted by molar-refractivity contribution is 7.92. The number of ether oxygens (including phenoxy) is 1. The lowest BCUT2D eigenvalue weighted by Gasteiger charge is -2.19. The summed E-state index contributed by atoms with van der Waals surface area (Å²) in [5.74, 6) is -0.869. The van der Waals surface area contributed by atoms with Crippen molar-refractivity contribution in [1.82, 2.24) is 0 Å². The Morgan fingerprint density at radius 1 is 1.20 bits per heavy atom. The molecule has 0 saturated carbocycles. The molecule has 1 heterocycles. The lowest BCUT2D eigenvalue weighted by Crippen LogP contribution is -2.19. The molecular formula is C21H25FN2O5S. The van der Waals surface area contributed by atoms with Gasteiger partial charge in [0, 0.05) is 25.6 Å². The van der Waals surface area contributed by atoms with Crippen LogP contribution in [0.25, 0.3) is 0 Å². The van der Waals surface area contributed by atoms with Crippen LogP contribution in [0, 0.1) is 12.7 Å². The van der Waals surface area contributed by atoms with E-state index >= 15 is 0 Å². The SMILES string of the molecule is Cc1cc(S(=O)(=O)Nc2ccc(N3CCCC3)c(F)c2)ccc1OCCCC(=O)O. The van der Waals surface area contributed by atoms with Crippen molar-refractivity contribution < 1.29 is 27.4 Å². The number of carboxylic acid groups (broad SMARTS) is 1. The normalized spacial score (nSPS) is 14.0. The number of sulfonamides is 1. The van der Waals surface area contributed by atoms with Crippen molar-refractivity contribution in [3.8, 4) is 5.75 Å². The average molecular weight is 437 g/mol. The van der Waals surface area contributed by atoms with Gasteiger partial charge in [0.25, 0.3) is 10.0 Å². The van der Waals surface area contributed by atoms with Gasteiger partial charge >= 0.3 is 5.97 Å². The second-order valence-electron chi connectivity index (χ2n) is 7.24. The summed E-state index contributed by atoms with van der Waals surface area (Å²) in [5, 5.41) is 8.64. The fourth-order valence-electron chi connectivity index (χ4n) is 3.36. The Morgan fingerprint density at radius 3 is 2.57 bits per heavy atom. The van der Waals surface area contributed by atoms with Crippen molar-refractivity contribution in [3.05, 3.63) is 47.8 Å². The Morgan fingerprint density at radius 2 is 1.93 bits per heavy atom. The highest BCUT2D eigenvalue weighted by atomic mass is 32.2. The number of carboxylic acids is 1. The Hall–Kier alpha value is -2.81. The molecule has 0 amide bonds. The topological polar surface area (TPSA) is 95.9 Å². The van der Waals surface area contributed by atoms with Gasteiger partial charge in [0.1, 0.15) is 11.6 Å². The Balaban J connectivity index is 1.68. The van der Waals surface area contributed by atoms with E-state index in [4.69, 9.17) is 9.84 Å². The molecule has 0 atom stereocenters. The summed E-state index contributed by atoms with van der Waals surface area (Å²) in [7, 11) is -3.90. The summed E-state index contributed by atoms with van der Waals surface area (Å²) < 4.78 is 47.8. The molecule has 9 heteroatoms. The lowest BCUT2D eigenvalue weighted by atomic mass is 10.2. The number of aryl methyl sites for hydroxylation is 1. The Bertz CT molecular complexity index is 1020. The summed E-state index contributed by atoms with van der Waals surface area (Å²) in [5.41, 5.74) is 1.24. The maximum Gasteiger partial charge on any atom is 0.303 e. The first kappa shape index (κ1) is 21.9. The minimum atomic E-state index is -3.90. The summed E-state index contributed by atoms with van der Waals surface area (Å²) >= 11 is 0. The maximum atomic E-state index is 14.5. The molecule has 0 spiro atoms. The first-order valence-electron chi connectivity index (χ1n) is 9.79. The number of hydrogen-bond donors (Lipinski definition) is 2. The molecule has 3 rings (SSSR count). The molecular weight excluding hydrogens is 411 g/mol. The van der Waals surface area contributed by atoms with Gasteiger partial charge in [-0.2, -0.15) is 0 Å². The molecule has 7 nitrogen and oxygen atoms in total. The van der Waals surface area contributed by atoms with Gasteiger partial charge in [-0.1, -0.05) is 0 Å². The average Bonchev–Trinajstić information content (AvgIpc) is 3.20. The predicted molar refractivity (Wildman–Crippen MR) is 112 cm³/mol. The third kappa shape index (κ3) is 5.41. The minimum Gasteiger partial charge on any atom is -0.493 e. The van der Waals surface area contributed by atoms with Gasteiger partial charge in [-0.3, -0.25) is 9.52 Å². The number of rotatable bonds is 9. The third-order valence-corrected chi connectivity index (χ3v) is 6.27. The Kier molecular flexibility index (Phi) is 6.81. The summed E-state index contributed by atoms with van der Waals surface area (Å²) in [6.07, 6.45) is 2.40. The fourth-order valence-corrected chi connectivity index (χ4v) is 4.49. The van der Waals surface area contributed by atoms with Crippen molar-refractivity contribution in [2.45, 2.75) is 37.5 Å². The van der Waals surface area contributed by atoms with Crippen LogP contribution in [-0.2, 0) is 14.8 Å². The largest absolute Gasteiger partial charge is 0.493 e. The number of hydrogen-bond acceptors (Lipinski definition) is 5. The van der Waals surface area contributed by atoms with Crippen molar-refractivity contribution in [2.75, 3.05) is 29.3 Å². The quantitative estimate of drug-likeness (QED) is 0.581. The van der Waals surface area contributed by atoms with Crippen LogP contribution in [-0.4, -0.2) is 39.2 Å². The van der Waals surface area contributed by atoms with Crippen molar-refractivity contribution in [1.29, 1.82) is 0 Å². The number of nitrogens with zero attached hydrogens (tertiary/aromatic N) is 1. The monoisotopic (exact) mass is 436 g/mol. The van der Waals surface area contributed by atoms with Crippen LogP contribution >= 0.6 is 0 Å². The number of halogens is 1. The van der Waals surface area contributed by atoms with Gasteiger partial charge in [0.2, 0.25) is 0 Å². The van der Waals surface area contributed by atoms with Crippen LogP contribution in [0.1, 0.15) is 31.2 Å². The van der Waals surface area contributed by atoms with E-state index in [1.54, 1.807) is 19.1 Å². The molecule has 162 valence electrons. The van der Waals surface area contributed by atoms with Gasteiger partial charge in [-0.05, 0) is 62.1 Å². The zero-order chi connectivity index (χ0) is 21.7. The van der Waals surface area contributed by atoms with Crippen LogP contribution in [0.4, 0.5) is 15.8 Å². The van der Waals surface area contributed by atoms with Gasteiger partial charge < -0.3 is 14.7 Å². The van der Waals surface area contributed by atoms with E-state index in [0.717, 1.165) is 25.9 Å². The number of carbonyl (C=O) groups is 1. The number of aliphatic carboxylic acids is 1. The third-order valence-electron chi connectivity index (χ3n) is 4.90. The Labute approximate surface area is 175 Å². The molecule has 0 bridgehead atoms. The fraction of sp³-hybridized carbons (Fsp3) is 0.381. The summed E-state index contributed by atoms with van der Waals surface area (Å²) in [4.78, 5) is 12.5. The van der Waals surface area contributed by atoms with E-state index in [9.17, 15) is 17.6 Å². The van der Waals surface area contributed by atoms with E-state index < -0.39 is 21.8 Å². The van der Waals surface area contributed by atoms with Crippen molar-refractivity contribution in [3.63, 3.8) is 0 Å². The van der Waals surface area contributed by atoms with Gasteiger partial charge in [0.05, 0.1) is 22.9 Å². The van der Waals surface area contributed by atoms with E-state index in [1.807, 2.05) is 4.90 Å². The van der Waals surface area contributed by atoms with Crippen LogP contribution < -0.4 is 14.4 Å². The highest BCUT2D eigenvalue weighted by Gasteiger charge is 2.19.